The molecule has 0 unspecified atom stereocenters. The predicted molar refractivity (Wildman–Crippen MR) is 109 cm³/mol. The van der Waals surface area contributed by atoms with Gasteiger partial charge in [0.05, 0.1) is 30.3 Å². The van der Waals surface area contributed by atoms with Crippen molar-refractivity contribution in [3.63, 3.8) is 0 Å². The van der Waals surface area contributed by atoms with Crippen LogP contribution in [0.25, 0.3) is 5.82 Å². The molecule has 2 aromatic heterocycles. The molecule has 150 valence electrons. The fourth-order valence-electron chi connectivity index (χ4n) is 2.57. The van der Waals surface area contributed by atoms with Crippen LogP contribution in [-0.2, 0) is 15.3 Å². The van der Waals surface area contributed by atoms with Crippen molar-refractivity contribution in [1.29, 1.82) is 0 Å². The molecule has 1 amide bonds. The number of amides is 1. The van der Waals surface area contributed by atoms with E-state index >= 15 is 0 Å². The van der Waals surface area contributed by atoms with Gasteiger partial charge in [-0.1, -0.05) is 12.1 Å². The third-order valence-corrected chi connectivity index (χ3v) is 5.01. The zero-order valence-corrected chi connectivity index (χ0v) is 16.7. The molecule has 0 saturated heterocycles. The van der Waals surface area contributed by atoms with E-state index in [0.717, 1.165) is 5.56 Å². The minimum atomic E-state index is -0.318. The van der Waals surface area contributed by atoms with Crippen LogP contribution in [0.4, 0.5) is 5.69 Å². The van der Waals surface area contributed by atoms with Gasteiger partial charge in [0.25, 0.3) is 11.5 Å². The lowest BCUT2D eigenvalue weighted by molar-refractivity contribution is -0.137. The number of benzene rings is 1. The van der Waals surface area contributed by atoms with Crippen molar-refractivity contribution in [3.8, 4) is 5.82 Å². The van der Waals surface area contributed by atoms with E-state index in [0.29, 0.717) is 28.5 Å². The lowest BCUT2D eigenvalue weighted by Crippen LogP contribution is -2.14. The van der Waals surface area contributed by atoms with Gasteiger partial charge in [0.1, 0.15) is 0 Å². The number of esters is 1. The summed E-state index contributed by atoms with van der Waals surface area (Å²) in [6.45, 7) is 1.74. The van der Waals surface area contributed by atoms with E-state index in [2.05, 4.69) is 25.3 Å². The average Bonchev–Trinajstić information content (AvgIpc) is 3.10. The Morgan fingerprint density at radius 3 is 2.83 bits per heavy atom. The maximum absolute atomic E-state index is 12.7. The van der Waals surface area contributed by atoms with Gasteiger partial charge in [0.15, 0.2) is 5.82 Å². The van der Waals surface area contributed by atoms with Gasteiger partial charge in [-0.15, -0.1) is 11.8 Å². The molecule has 3 rings (SSSR count). The Hall–Kier alpha value is -3.40. The van der Waals surface area contributed by atoms with Gasteiger partial charge < -0.3 is 10.1 Å². The minimum absolute atomic E-state index is 0.268. The van der Waals surface area contributed by atoms with Crippen LogP contribution < -0.4 is 10.9 Å². The lowest BCUT2D eigenvalue weighted by atomic mass is 10.2. The van der Waals surface area contributed by atoms with Crippen molar-refractivity contribution in [2.24, 2.45) is 0 Å². The van der Waals surface area contributed by atoms with Crippen LogP contribution in [0.1, 0.15) is 21.6 Å². The number of aromatic amines is 1. The molecule has 2 N–H and O–H groups in total. The second-order valence-corrected chi connectivity index (χ2v) is 7.04. The Morgan fingerprint density at radius 2 is 2.10 bits per heavy atom. The number of carbonyl (C=O) groups is 2. The van der Waals surface area contributed by atoms with Crippen molar-refractivity contribution in [1.82, 2.24) is 20.0 Å². The molecular weight excluding hydrogens is 394 g/mol. The summed E-state index contributed by atoms with van der Waals surface area (Å²) in [5.74, 6) is 0.713. The molecule has 10 heteroatoms. The van der Waals surface area contributed by atoms with Crippen LogP contribution >= 0.6 is 11.8 Å². The van der Waals surface area contributed by atoms with Crippen LogP contribution in [0, 0.1) is 6.92 Å². The summed E-state index contributed by atoms with van der Waals surface area (Å²) in [7, 11) is 1.36. The fraction of sp³-hybridized carbons (Fsp3) is 0.211. The highest BCUT2D eigenvalue weighted by molar-refractivity contribution is 7.99. The van der Waals surface area contributed by atoms with Crippen LogP contribution in [0.5, 0.6) is 0 Å². The standard InChI is InChI=1S/C19H19N5O4S/c1-12-15(9-20-24(12)16-6-7-17(25)23-22-16)19(27)21-14-5-3-4-13(8-14)10-29-11-18(26)28-2/h3-9H,10-11H2,1-2H3,(H,21,27)(H,23,25). The summed E-state index contributed by atoms with van der Waals surface area (Å²) >= 11 is 1.43. The number of carbonyl (C=O) groups excluding carboxylic acids is 2. The SMILES string of the molecule is COC(=O)CSCc1cccc(NC(=O)c2cnn(-c3ccc(=O)[nH]n3)c2C)c1. The number of ether oxygens (including phenoxy) is 1. The smallest absolute Gasteiger partial charge is 0.315 e. The Morgan fingerprint density at radius 1 is 1.28 bits per heavy atom. The summed E-state index contributed by atoms with van der Waals surface area (Å²) in [4.78, 5) is 35.0. The molecule has 0 bridgehead atoms. The number of H-pyrrole nitrogens is 1. The van der Waals surface area contributed by atoms with Crippen molar-refractivity contribution in [2.45, 2.75) is 12.7 Å². The lowest BCUT2D eigenvalue weighted by Gasteiger charge is -2.08. The Bertz CT molecular complexity index is 1070. The average molecular weight is 413 g/mol. The van der Waals surface area contributed by atoms with E-state index in [1.54, 1.807) is 13.0 Å². The predicted octanol–water partition coefficient (Wildman–Crippen LogP) is 1.92. The number of methoxy groups -OCH3 is 1. The zero-order chi connectivity index (χ0) is 20.8. The molecule has 3 aromatic rings. The van der Waals surface area contributed by atoms with E-state index in [1.165, 1.54) is 41.9 Å². The number of anilines is 1. The number of thioether (sulfide) groups is 1. The molecule has 2 heterocycles. The van der Waals surface area contributed by atoms with E-state index in [4.69, 9.17) is 0 Å². The monoisotopic (exact) mass is 413 g/mol. The molecule has 0 atom stereocenters. The van der Waals surface area contributed by atoms with E-state index in [-0.39, 0.29) is 23.2 Å². The second-order valence-electron chi connectivity index (χ2n) is 6.06. The van der Waals surface area contributed by atoms with E-state index < -0.39 is 0 Å². The Kier molecular flexibility index (Phi) is 6.45. The Labute approximate surface area is 170 Å². The quantitative estimate of drug-likeness (QED) is 0.568. The third-order valence-electron chi connectivity index (χ3n) is 4.04. The van der Waals surface area contributed by atoms with Gasteiger partial charge in [-0.05, 0) is 30.7 Å². The van der Waals surface area contributed by atoms with Crippen molar-refractivity contribution in [2.75, 3.05) is 18.2 Å². The van der Waals surface area contributed by atoms with Gasteiger partial charge in [-0.25, -0.2) is 9.78 Å². The number of hydrogen-bond acceptors (Lipinski definition) is 7. The first-order valence-corrected chi connectivity index (χ1v) is 9.79. The largest absolute Gasteiger partial charge is 0.468 e. The zero-order valence-electron chi connectivity index (χ0n) is 15.8. The molecule has 0 radical (unpaired) electrons. The van der Waals surface area contributed by atoms with Gasteiger partial charge in [0.2, 0.25) is 0 Å². The minimum Gasteiger partial charge on any atom is -0.468 e. The molecule has 0 aliphatic heterocycles. The molecule has 29 heavy (non-hydrogen) atoms. The second kappa shape index (κ2) is 9.20. The molecule has 0 aliphatic rings. The van der Waals surface area contributed by atoms with Crippen molar-refractivity contribution < 1.29 is 14.3 Å². The van der Waals surface area contributed by atoms with Gasteiger partial charge in [-0.3, -0.25) is 14.4 Å². The topological polar surface area (TPSA) is 119 Å². The number of aromatic nitrogens is 4. The number of nitrogens with zero attached hydrogens (tertiary/aromatic N) is 3. The van der Waals surface area contributed by atoms with Crippen LogP contribution in [-0.4, -0.2) is 44.7 Å². The molecule has 0 spiro atoms. The molecular formula is C19H19N5O4S. The summed E-state index contributed by atoms with van der Waals surface area (Å²) in [5.41, 5.74) is 2.28. The molecule has 0 saturated carbocycles. The first-order valence-electron chi connectivity index (χ1n) is 8.63. The normalized spacial score (nSPS) is 10.6. The maximum Gasteiger partial charge on any atom is 0.315 e. The van der Waals surface area contributed by atoms with Crippen LogP contribution in [0.2, 0.25) is 0 Å². The first-order chi connectivity index (χ1) is 14.0. The fourth-order valence-corrected chi connectivity index (χ4v) is 3.37. The third kappa shape index (κ3) is 5.11. The molecule has 0 fully saturated rings. The van der Waals surface area contributed by atoms with Gasteiger partial charge in [-0.2, -0.15) is 10.2 Å². The molecule has 9 nitrogen and oxygen atoms in total. The highest BCUT2D eigenvalue weighted by Crippen LogP contribution is 2.19. The first kappa shape index (κ1) is 20.3. The highest BCUT2D eigenvalue weighted by Gasteiger charge is 2.16. The van der Waals surface area contributed by atoms with Crippen molar-refractivity contribution >= 4 is 29.3 Å². The van der Waals surface area contributed by atoms with Gasteiger partial charge in [0, 0.05) is 17.5 Å². The van der Waals surface area contributed by atoms with Crippen LogP contribution in [0.15, 0.2) is 47.4 Å². The summed E-state index contributed by atoms with van der Waals surface area (Å²) in [6.07, 6.45) is 1.45. The summed E-state index contributed by atoms with van der Waals surface area (Å²) in [5, 5.41) is 13.3. The number of nitrogens with one attached hydrogen (secondary N) is 2. The highest BCUT2D eigenvalue weighted by atomic mass is 32.2. The van der Waals surface area contributed by atoms with E-state index in [9.17, 15) is 14.4 Å². The maximum atomic E-state index is 12.7. The summed E-state index contributed by atoms with van der Waals surface area (Å²) < 4.78 is 6.09. The van der Waals surface area contributed by atoms with Gasteiger partial charge >= 0.3 is 5.97 Å². The van der Waals surface area contributed by atoms with E-state index in [1.807, 2.05) is 18.2 Å². The Balaban J connectivity index is 1.69. The summed E-state index contributed by atoms with van der Waals surface area (Å²) in [6, 6.07) is 10.3. The number of hydrogen-bond donors (Lipinski definition) is 2. The van der Waals surface area contributed by atoms with Crippen LogP contribution in [0.3, 0.4) is 0 Å². The molecule has 0 aliphatic carbocycles. The number of rotatable bonds is 7. The molecule has 1 aromatic carbocycles. The van der Waals surface area contributed by atoms with Crippen molar-refractivity contribution in [3.05, 3.63) is 69.8 Å².